The summed E-state index contributed by atoms with van der Waals surface area (Å²) < 4.78 is 0. The first-order chi connectivity index (χ1) is 8.75. The molecular weight excluding hydrogens is 240 g/mol. The van der Waals surface area contributed by atoms with Crippen LogP contribution in [-0.4, -0.2) is 42.6 Å². The summed E-state index contributed by atoms with van der Waals surface area (Å²) >= 11 is 2.08. The maximum absolute atomic E-state index is 3.56. The van der Waals surface area contributed by atoms with Gasteiger partial charge in [0.25, 0.3) is 0 Å². The van der Waals surface area contributed by atoms with E-state index in [1.54, 1.807) is 0 Å². The lowest BCUT2D eigenvalue weighted by molar-refractivity contribution is 0.301. The number of aryl methyl sites for hydroxylation is 2. The molecule has 1 aromatic carbocycles. The van der Waals surface area contributed by atoms with E-state index in [0.717, 1.165) is 13.1 Å². The third kappa shape index (κ3) is 4.30. The third-order valence-corrected chi connectivity index (χ3v) is 4.46. The van der Waals surface area contributed by atoms with Crippen molar-refractivity contribution in [3.05, 3.63) is 34.9 Å². The molecule has 0 spiro atoms. The van der Waals surface area contributed by atoms with Gasteiger partial charge in [-0.25, -0.2) is 0 Å². The summed E-state index contributed by atoms with van der Waals surface area (Å²) in [7, 11) is 0. The number of benzene rings is 1. The van der Waals surface area contributed by atoms with Gasteiger partial charge in [0.2, 0.25) is 0 Å². The second-order valence-corrected chi connectivity index (χ2v) is 6.29. The summed E-state index contributed by atoms with van der Waals surface area (Å²) in [5, 5.41) is 3.56. The quantitative estimate of drug-likeness (QED) is 0.822. The molecule has 2 nitrogen and oxygen atoms in total. The van der Waals surface area contributed by atoms with Crippen LogP contribution in [0.4, 0.5) is 0 Å². The van der Waals surface area contributed by atoms with Crippen LogP contribution in [0.3, 0.4) is 0 Å². The lowest BCUT2D eigenvalue weighted by atomic mass is 10.1. The van der Waals surface area contributed by atoms with Gasteiger partial charge >= 0.3 is 0 Å². The third-order valence-electron chi connectivity index (χ3n) is 3.52. The van der Waals surface area contributed by atoms with Crippen LogP contribution in [0.1, 0.15) is 16.7 Å². The van der Waals surface area contributed by atoms with E-state index >= 15 is 0 Å². The Hall–Kier alpha value is -0.510. The van der Waals surface area contributed by atoms with Crippen molar-refractivity contribution in [1.82, 2.24) is 10.2 Å². The van der Waals surface area contributed by atoms with Crippen LogP contribution in [0.15, 0.2) is 18.2 Å². The molecule has 0 unspecified atom stereocenters. The summed E-state index contributed by atoms with van der Waals surface area (Å²) in [6.07, 6.45) is 0. The standard InChI is InChI=1S/C15H24N2S/c1-13-3-4-15(14(2)11-13)12-16-5-6-17-7-9-18-10-8-17/h3-4,11,16H,5-10,12H2,1-2H3. The average Bonchev–Trinajstić information content (AvgIpc) is 2.38. The Labute approximate surface area is 115 Å². The maximum atomic E-state index is 3.56. The molecule has 100 valence electrons. The Kier molecular flexibility index (Phi) is 5.54. The van der Waals surface area contributed by atoms with Crippen molar-refractivity contribution in [3.8, 4) is 0 Å². The molecule has 1 saturated heterocycles. The molecule has 18 heavy (non-hydrogen) atoms. The van der Waals surface area contributed by atoms with Crippen LogP contribution in [0.25, 0.3) is 0 Å². The molecule has 0 atom stereocenters. The van der Waals surface area contributed by atoms with Gasteiger partial charge in [-0.1, -0.05) is 23.8 Å². The van der Waals surface area contributed by atoms with Crippen molar-refractivity contribution in [2.45, 2.75) is 20.4 Å². The zero-order chi connectivity index (χ0) is 12.8. The molecule has 0 bridgehead atoms. The van der Waals surface area contributed by atoms with Crippen LogP contribution in [-0.2, 0) is 6.54 Å². The van der Waals surface area contributed by atoms with E-state index in [1.807, 2.05) is 0 Å². The van der Waals surface area contributed by atoms with Crippen molar-refractivity contribution in [3.63, 3.8) is 0 Å². The molecule has 2 rings (SSSR count). The van der Waals surface area contributed by atoms with E-state index < -0.39 is 0 Å². The normalized spacial score (nSPS) is 17.0. The first-order valence-electron chi connectivity index (χ1n) is 6.82. The second kappa shape index (κ2) is 7.17. The molecule has 1 N–H and O–H groups in total. The van der Waals surface area contributed by atoms with Gasteiger partial charge < -0.3 is 10.2 Å². The molecule has 0 amide bonds. The van der Waals surface area contributed by atoms with Crippen LogP contribution >= 0.6 is 11.8 Å². The molecule has 1 aromatic rings. The molecular formula is C15H24N2S. The van der Waals surface area contributed by atoms with E-state index in [9.17, 15) is 0 Å². The summed E-state index contributed by atoms with van der Waals surface area (Å²) in [5.41, 5.74) is 4.17. The van der Waals surface area contributed by atoms with Gasteiger partial charge in [-0.3, -0.25) is 0 Å². The monoisotopic (exact) mass is 264 g/mol. The molecule has 0 saturated carbocycles. The van der Waals surface area contributed by atoms with Gasteiger partial charge in [-0.05, 0) is 25.0 Å². The number of nitrogens with one attached hydrogen (secondary N) is 1. The number of hydrogen-bond acceptors (Lipinski definition) is 3. The molecule has 0 radical (unpaired) electrons. The minimum Gasteiger partial charge on any atom is -0.311 e. The molecule has 0 aromatic heterocycles. The molecule has 0 aliphatic carbocycles. The lowest BCUT2D eigenvalue weighted by Gasteiger charge is -2.26. The fraction of sp³-hybridized carbons (Fsp3) is 0.600. The van der Waals surface area contributed by atoms with E-state index in [-0.39, 0.29) is 0 Å². The van der Waals surface area contributed by atoms with E-state index in [0.29, 0.717) is 0 Å². The van der Waals surface area contributed by atoms with Gasteiger partial charge in [0.1, 0.15) is 0 Å². The van der Waals surface area contributed by atoms with Gasteiger partial charge in [0, 0.05) is 44.2 Å². The Bertz CT molecular complexity index is 373. The SMILES string of the molecule is Cc1ccc(CNCCN2CCSCC2)c(C)c1. The fourth-order valence-corrected chi connectivity index (χ4v) is 3.31. The smallest absolute Gasteiger partial charge is 0.0208 e. The zero-order valence-electron chi connectivity index (χ0n) is 11.5. The number of rotatable bonds is 5. The Balaban J connectivity index is 1.68. The minimum absolute atomic E-state index is 0.995. The van der Waals surface area contributed by atoms with Crippen molar-refractivity contribution in [2.24, 2.45) is 0 Å². The highest BCUT2D eigenvalue weighted by molar-refractivity contribution is 7.99. The molecule has 1 heterocycles. The molecule has 3 heteroatoms. The molecule has 1 fully saturated rings. The Morgan fingerprint density at radius 1 is 1.22 bits per heavy atom. The van der Waals surface area contributed by atoms with Gasteiger partial charge in [-0.15, -0.1) is 0 Å². The van der Waals surface area contributed by atoms with Gasteiger partial charge in [0.05, 0.1) is 0 Å². The summed E-state index contributed by atoms with van der Waals surface area (Å²) in [5.74, 6) is 2.61. The number of nitrogens with zero attached hydrogens (tertiary/aromatic N) is 1. The highest BCUT2D eigenvalue weighted by Crippen LogP contribution is 2.10. The van der Waals surface area contributed by atoms with Crippen molar-refractivity contribution < 1.29 is 0 Å². The highest BCUT2D eigenvalue weighted by atomic mass is 32.2. The van der Waals surface area contributed by atoms with E-state index in [1.165, 1.54) is 47.8 Å². The van der Waals surface area contributed by atoms with Crippen LogP contribution in [0, 0.1) is 13.8 Å². The Morgan fingerprint density at radius 3 is 2.72 bits per heavy atom. The fourth-order valence-electron chi connectivity index (χ4n) is 2.33. The average molecular weight is 264 g/mol. The molecule has 1 aliphatic heterocycles. The number of hydrogen-bond donors (Lipinski definition) is 1. The topological polar surface area (TPSA) is 15.3 Å². The van der Waals surface area contributed by atoms with Crippen molar-refractivity contribution in [1.29, 1.82) is 0 Å². The minimum atomic E-state index is 0.995. The van der Waals surface area contributed by atoms with Gasteiger partial charge in [-0.2, -0.15) is 11.8 Å². The first kappa shape index (κ1) is 13.9. The molecule has 1 aliphatic rings. The highest BCUT2D eigenvalue weighted by Gasteiger charge is 2.09. The predicted molar refractivity (Wildman–Crippen MR) is 81.4 cm³/mol. The van der Waals surface area contributed by atoms with Crippen LogP contribution in [0.2, 0.25) is 0 Å². The van der Waals surface area contributed by atoms with Crippen molar-refractivity contribution >= 4 is 11.8 Å². The zero-order valence-corrected chi connectivity index (χ0v) is 12.4. The predicted octanol–water partition coefficient (Wildman–Crippen LogP) is 2.44. The summed E-state index contributed by atoms with van der Waals surface area (Å²) in [6, 6.07) is 6.71. The maximum Gasteiger partial charge on any atom is 0.0208 e. The number of thioether (sulfide) groups is 1. The summed E-state index contributed by atoms with van der Waals surface area (Å²) in [6.45, 7) is 10.1. The van der Waals surface area contributed by atoms with Crippen molar-refractivity contribution in [2.75, 3.05) is 37.7 Å². The van der Waals surface area contributed by atoms with E-state index in [2.05, 4.69) is 54.0 Å². The van der Waals surface area contributed by atoms with Crippen LogP contribution < -0.4 is 5.32 Å². The lowest BCUT2D eigenvalue weighted by Crippen LogP contribution is -2.37. The van der Waals surface area contributed by atoms with E-state index in [4.69, 9.17) is 0 Å². The summed E-state index contributed by atoms with van der Waals surface area (Å²) in [4.78, 5) is 2.56. The largest absolute Gasteiger partial charge is 0.311 e. The first-order valence-corrected chi connectivity index (χ1v) is 7.98. The second-order valence-electron chi connectivity index (χ2n) is 5.06. The Morgan fingerprint density at radius 2 is 2.00 bits per heavy atom. The van der Waals surface area contributed by atoms with Gasteiger partial charge in [0.15, 0.2) is 0 Å². The van der Waals surface area contributed by atoms with Crippen LogP contribution in [0.5, 0.6) is 0 Å².